The molecule has 1 aromatic heterocycles. The Labute approximate surface area is 187 Å². The smallest absolute Gasteiger partial charge is 0.246 e. The molecule has 2 N–H and O–H groups in total. The Morgan fingerprint density at radius 1 is 1.25 bits per heavy atom. The number of benzene rings is 1. The second kappa shape index (κ2) is 8.86. The molecule has 1 atom stereocenters. The van der Waals surface area contributed by atoms with Crippen molar-refractivity contribution >= 4 is 23.4 Å². The van der Waals surface area contributed by atoms with Crippen LogP contribution in [0.2, 0.25) is 0 Å². The van der Waals surface area contributed by atoms with Crippen LogP contribution >= 0.6 is 0 Å². The molecule has 0 spiro atoms. The summed E-state index contributed by atoms with van der Waals surface area (Å²) in [4.78, 5) is 24.6. The summed E-state index contributed by atoms with van der Waals surface area (Å²) in [6, 6.07) is 6.25. The molecule has 0 bridgehead atoms. The van der Waals surface area contributed by atoms with Crippen molar-refractivity contribution < 1.29 is 9.18 Å². The van der Waals surface area contributed by atoms with Gasteiger partial charge in [0.05, 0.1) is 6.20 Å². The highest BCUT2D eigenvalue weighted by molar-refractivity contribution is 5.87. The van der Waals surface area contributed by atoms with Crippen molar-refractivity contribution in [2.45, 2.75) is 44.8 Å². The number of carbonyl (C=O) groups excluding carboxylic acids is 1. The van der Waals surface area contributed by atoms with Gasteiger partial charge in [0.2, 0.25) is 11.9 Å². The molecule has 1 saturated heterocycles. The van der Waals surface area contributed by atoms with E-state index >= 15 is 0 Å². The van der Waals surface area contributed by atoms with Crippen LogP contribution in [0.4, 0.5) is 21.8 Å². The molecule has 3 heterocycles. The van der Waals surface area contributed by atoms with Crippen molar-refractivity contribution in [3.8, 4) is 0 Å². The van der Waals surface area contributed by atoms with E-state index in [-0.39, 0.29) is 17.8 Å². The molecule has 2 fully saturated rings. The first kappa shape index (κ1) is 20.9. The van der Waals surface area contributed by atoms with Crippen LogP contribution in [-0.2, 0) is 17.9 Å². The third-order valence-electron chi connectivity index (χ3n) is 6.46. The number of likely N-dealkylation sites (tertiary alicyclic amines) is 1. The maximum atomic E-state index is 14.4. The highest BCUT2D eigenvalue weighted by atomic mass is 19.1. The molecule has 168 valence electrons. The number of halogens is 1. The third kappa shape index (κ3) is 4.75. The number of piperidine rings is 1. The molecule has 0 radical (unpaired) electrons. The first-order chi connectivity index (χ1) is 15.6. The van der Waals surface area contributed by atoms with Gasteiger partial charge in [-0.2, -0.15) is 4.98 Å². The Kier molecular flexibility index (Phi) is 5.78. The van der Waals surface area contributed by atoms with Crippen LogP contribution in [0.25, 0.3) is 0 Å². The Morgan fingerprint density at radius 3 is 2.91 bits per heavy atom. The van der Waals surface area contributed by atoms with E-state index in [0.29, 0.717) is 19.0 Å². The molecule has 1 saturated carbocycles. The summed E-state index contributed by atoms with van der Waals surface area (Å²) in [6.07, 6.45) is 6.91. The first-order valence-corrected chi connectivity index (χ1v) is 11.4. The molecular weight excluding hydrogens is 407 g/mol. The maximum absolute atomic E-state index is 14.4. The highest BCUT2D eigenvalue weighted by Crippen LogP contribution is 2.34. The minimum atomic E-state index is -0.507. The number of aromatic nitrogens is 2. The third-order valence-corrected chi connectivity index (χ3v) is 6.46. The van der Waals surface area contributed by atoms with E-state index < -0.39 is 5.82 Å². The standard InChI is InChI=1S/C24H29FN6O/c1-2-22(32)31-9-3-4-20(15-31)27-23-21(25)11-26-24(29-23)28-19-8-7-17-13-30(12-16-5-6-16)14-18(17)10-19/h2,7-8,10-11,16,20H,1,3-6,9,12-15H2,(H2,26,27,28,29)/t20-/m1/s1. The zero-order chi connectivity index (χ0) is 22.1. The number of anilines is 3. The van der Waals surface area contributed by atoms with Crippen LogP contribution in [-0.4, -0.2) is 51.4 Å². The van der Waals surface area contributed by atoms with Crippen molar-refractivity contribution in [3.05, 3.63) is 54.0 Å². The van der Waals surface area contributed by atoms with Gasteiger partial charge in [0, 0.05) is 44.5 Å². The SMILES string of the molecule is C=CC(=O)N1CCC[C@@H](Nc2nc(Nc3ccc4c(c3)CN(CC3CC3)C4)ncc2F)C1. The maximum Gasteiger partial charge on any atom is 0.246 e. The molecule has 3 aliphatic rings. The number of amides is 1. The fraction of sp³-hybridized carbons (Fsp3) is 0.458. The van der Waals surface area contributed by atoms with E-state index in [2.05, 4.69) is 44.2 Å². The van der Waals surface area contributed by atoms with Gasteiger partial charge in [-0.05, 0) is 60.9 Å². The van der Waals surface area contributed by atoms with Crippen LogP contribution in [0.1, 0.15) is 36.8 Å². The van der Waals surface area contributed by atoms with Crippen molar-refractivity contribution in [1.82, 2.24) is 19.8 Å². The van der Waals surface area contributed by atoms with Gasteiger partial charge in [-0.1, -0.05) is 12.6 Å². The van der Waals surface area contributed by atoms with Crippen LogP contribution < -0.4 is 10.6 Å². The molecule has 32 heavy (non-hydrogen) atoms. The summed E-state index contributed by atoms with van der Waals surface area (Å²) < 4.78 is 14.4. The number of nitrogens with zero attached hydrogens (tertiary/aromatic N) is 4. The van der Waals surface area contributed by atoms with Gasteiger partial charge in [0.1, 0.15) is 0 Å². The largest absolute Gasteiger partial charge is 0.363 e. The second-order valence-electron chi connectivity index (χ2n) is 9.08. The Hall–Kier alpha value is -3.00. The van der Waals surface area contributed by atoms with E-state index in [4.69, 9.17) is 0 Å². The van der Waals surface area contributed by atoms with E-state index in [1.807, 2.05) is 6.07 Å². The second-order valence-corrected chi connectivity index (χ2v) is 9.08. The lowest BCUT2D eigenvalue weighted by Gasteiger charge is -2.32. The van der Waals surface area contributed by atoms with Crippen LogP contribution in [0, 0.1) is 11.7 Å². The topological polar surface area (TPSA) is 73.4 Å². The molecular formula is C24H29FN6O. The minimum Gasteiger partial charge on any atom is -0.363 e. The average Bonchev–Trinajstić information content (AvgIpc) is 3.52. The number of rotatable bonds is 7. The van der Waals surface area contributed by atoms with E-state index in [0.717, 1.165) is 37.5 Å². The summed E-state index contributed by atoms with van der Waals surface area (Å²) in [5.41, 5.74) is 3.59. The normalized spacial score (nSPS) is 20.7. The zero-order valence-corrected chi connectivity index (χ0v) is 18.2. The first-order valence-electron chi connectivity index (χ1n) is 11.4. The number of nitrogens with one attached hydrogen (secondary N) is 2. The number of carbonyl (C=O) groups is 1. The van der Waals surface area contributed by atoms with Gasteiger partial charge in [-0.15, -0.1) is 0 Å². The Balaban J connectivity index is 1.24. The molecule has 0 unspecified atom stereocenters. The molecule has 1 aliphatic carbocycles. The van der Waals surface area contributed by atoms with Crippen molar-refractivity contribution in [3.63, 3.8) is 0 Å². The predicted molar refractivity (Wildman–Crippen MR) is 122 cm³/mol. The molecule has 2 aromatic rings. The number of hydrogen-bond donors (Lipinski definition) is 2. The van der Waals surface area contributed by atoms with Gasteiger partial charge in [-0.3, -0.25) is 9.69 Å². The van der Waals surface area contributed by atoms with Gasteiger partial charge in [0.15, 0.2) is 11.6 Å². The lowest BCUT2D eigenvalue weighted by molar-refractivity contribution is -0.127. The van der Waals surface area contributed by atoms with E-state index in [1.165, 1.54) is 42.8 Å². The summed E-state index contributed by atoms with van der Waals surface area (Å²) in [5.74, 6) is 0.766. The Bertz CT molecular complexity index is 1020. The van der Waals surface area contributed by atoms with Crippen LogP contribution in [0.15, 0.2) is 37.1 Å². The van der Waals surface area contributed by atoms with E-state index in [9.17, 15) is 9.18 Å². The molecule has 1 aromatic carbocycles. The lowest BCUT2D eigenvalue weighted by Crippen LogP contribution is -2.44. The summed E-state index contributed by atoms with van der Waals surface area (Å²) in [6.45, 7) is 7.91. The van der Waals surface area contributed by atoms with Crippen molar-refractivity contribution in [2.24, 2.45) is 5.92 Å². The molecule has 1 amide bonds. The fourth-order valence-electron chi connectivity index (χ4n) is 4.61. The highest BCUT2D eigenvalue weighted by Gasteiger charge is 2.28. The van der Waals surface area contributed by atoms with Crippen LogP contribution in [0.3, 0.4) is 0 Å². The molecule has 8 heteroatoms. The minimum absolute atomic E-state index is 0.0673. The van der Waals surface area contributed by atoms with Gasteiger partial charge < -0.3 is 15.5 Å². The number of hydrogen-bond acceptors (Lipinski definition) is 6. The predicted octanol–water partition coefficient (Wildman–Crippen LogP) is 3.67. The lowest BCUT2D eigenvalue weighted by atomic mass is 10.1. The van der Waals surface area contributed by atoms with Gasteiger partial charge >= 0.3 is 0 Å². The quantitative estimate of drug-likeness (QED) is 0.645. The zero-order valence-electron chi connectivity index (χ0n) is 18.2. The van der Waals surface area contributed by atoms with E-state index in [1.54, 1.807) is 4.90 Å². The summed E-state index contributed by atoms with van der Waals surface area (Å²) >= 11 is 0. The van der Waals surface area contributed by atoms with Gasteiger partial charge in [0.25, 0.3) is 0 Å². The monoisotopic (exact) mass is 436 g/mol. The van der Waals surface area contributed by atoms with Crippen molar-refractivity contribution in [1.29, 1.82) is 0 Å². The molecule has 5 rings (SSSR count). The molecule has 7 nitrogen and oxygen atoms in total. The van der Waals surface area contributed by atoms with Gasteiger partial charge in [-0.25, -0.2) is 9.37 Å². The number of fused-ring (bicyclic) bond motifs is 1. The summed E-state index contributed by atoms with van der Waals surface area (Å²) in [5, 5.41) is 6.37. The Morgan fingerprint density at radius 2 is 2.09 bits per heavy atom. The summed E-state index contributed by atoms with van der Waals surface area (Å²) in [7, 11) is 0. The van der Waals surface area contributed by atoms with Crippen molar-refractivity contribution in [2.75, 3.05) is 30.3 Å². The fourth-order valence-corrected chi connectivity index (χ4v) is 4.61. The average molecular weight is 437 g/mol. The molecule has 2 aliphatic heterocycles. The van der Waals surface area contributed by atoms with Crippen LogP contribution in [0.5, 0.6) is 0 Å².